The number of halogens is 1. The zero-order valence-electron chi connectivity index (χ0n) is 12.0. The first-order chi connectivity index (χ1) is 10.5. The molecule has 0 aromatic carbocycles. The van der Waals surface area contributed by atoms with E-state index >= 15 is 0 Å². The van der Waals surface area contributed by atoms with Crippen LogP contribution < -0.4 is 5.32 Å². The van der Waals surface area contributed by atoms with Crippen molar-refractivity contribution in [3.8, 4) is 0 Å². The van der Waals surface area contributed by atoms with Crippen molar-refractivity contribution >= 4 is 37.9 Å². The van der Waals surface area contributed by atoms with Gasteiger partial charge in [-0.15, -0.1) is 11.3 Å². The first kappa shape index (κ1) is 14.9. The Balaban J connectivity index is 1.70. The maximum atomic E-state index is 13.0. The van der Waals surface area contributed by atoms with Crippen LogP contribution in [0.5, 0.6) is 0 Å². The largest absolute Gasteiger partial charge is 0.317 e. The molecule has 0 unspecified atom stereocenters. The highest BCUT2D eigenvalue weighted by Gasteiger charge is 2.44. The molecular weight excluding hydrogens is 344 g/mol. The lowest BCUT2D eigenvalue weighted by Crippen LogP contribution is -2.40. The van der Waals surface area contributed by atoms with E-state index in [2.05, 4.69) is 10.3 Å². The summed E-state index contributed by atoms with van der Waals surface area (Å²) in [5.74, 6) is 0. The number of thiazole rings is 1. The minimum Gasteiger partial charge on any atom is -0.317 e. The van der Waals surface area contributed by atoms with Crippen LogP contribution in [0.4, 0.5) is 0 Å². The predicted molar refractivity (Wildman–Crippen MR) is 86.0 cm³/mol. The third kappa shape index (κ3) is 2.20. The molecule has 22 heavy (non-hydrogen) atoms. The maximum Gasteiger partial charge on any atom is 0.262 e. The minimum absolute atomic E-state index is 0.0677. The van der Waals surface area contributed by atoms with Gasteiger partial charge in [0.2, 0.25) is 0 Å². The van der Waals surface area contributed by atoms with Crippen LogP contribution in [-0.2, 0) is 10.0 Å². The maximum absolute atomic E-state index is 13.0. The van der Waals surface area contributed by atoms with Gasteiger partial charge in [0.1, 0.15) is 0 Å². The summed E-state index contributed by atoms with van der Waals surface area (Å²) in [5.41, 5.74) is 0.128. The molecule has 2 aromatic rings. The highest BCUT2D eigenvalue weighted by molar-refractivity contribution is 7.89. The molecule has 9 heteroatoms. The molecule has 2 aliphatic heterocycles. The Hall–Kier alpha value is -0.670. The SMILES string of the molecule is O=S(=O)(c1c(Cl)nc2sccn12)N1CCC2(CCNCC2)C1. The molecule has 6 nitrogen and oxygen atoms in total. The van der Waals surface area contributed by atoms with Crippen molar-refractivity contribution in [3.05, 3.63) is 16.7 Å². The summed E-state index contributed by atoms with van der Waals surface area (Å²) in [6.45, 7) is 3.09. The van der Waals surface area contributed by atoms with E-state index in [0.29, 0.717) is 18.1 Å². The molecule has 0 saturated carbocycles. The topological polar surface area (TPSA) is 66.7 Å². The Labute approximate surface area is 138 Å². The number of rotatable bonds is 2. The van der Waals surface area contributed by atoms with Crippen LogP contribution in [0.2, 0.25) is 5.15 Å². The number of sulfonamides is 1. The molecule has 0 bridgehead atoms. The number of aromatic nitrogens is 2. The van der Waals surface area contributed by atoms with Crippen molar-refractivity contribution < 1.29 is 8.42 Å². The second-order valence-corrected chi connectivity index (χ2v) is 9.19. The van der Waals surface area contributed by atoms with E-state index in [1.807, 2.05) is 5.38 Å². The molecule has 2 aliphatic rings. The number of nitrogens with one attached hydrogen (secondary N) is 1. The third-order valence-corrected chi connectivity index (χ3v) is 7.83. The lowest BCUT2D eigenvalue weighted by molar-refractivity contribution is 0.218. The smallest absolute Gasteiger partial charge is 0.262 e. The molecule has 4 heterocycles. The molecule has 2 fully saturated rings. The summed E-state index contributed by atoms with van der Waals surface area (Å²) in [5, 5.41) is 5.34. The molecule has 1 spiro atoms. The predicted octanol–water partition coefficient (Wildman–Crippen LogP) is 1.81. The number of imidazole rings is 1. The van der Waals surface area contributed by atoms with Gasteiger partial charge in [0.05, 0.1) is 0 Å². The van der Waals surface area contributed by atoms with Crippen molar-refractivity contribution in [1.29, 1.82) is 0 Å². The first-order valence-electron chi connectivity index (χ1n) is 7.34. The third-order valence-electron chi connectivity index (χ3n) is 4.83. The lowest BCUT2D eigenvalue weighted by Gasteiger charge is -2.33. The van der Waals surface area contributed by atoms with E-state index in [9.17, 15) is 8.42 Å². The van der Waals surface area contributed by atoms with Gasteiger partial charge in [-0.3, -0.25) is 4.40 Å². The van der Waals surface area contributed by atoms with E-state index in [4.69, 9.17) is 11.6 Å². The fourth-order valence-corrected chi connectivity index (χ4v) is 6.52. The van der Waals surface area contributed by atoms with Gasteiger partial charge in [-0.2, -0.15) is 4.31 Å². The lowest BCUT2D eigenvalue weighted by atomic mass is 9.78. The summed E-state index contributed by atoms with van der Waals surface area (Å²) in [4.78, 5) is 4.76. The Bertz CT molecular complexity index is 807. The average molecular weight is 361 g/mol. The summed E-state index contributed by atoms with van der Waals surface area (Å²) < 4.78 is 29.2. The molecule has 120 valence electrons. The van der Waals surface area contributed by atoms with E-state index in [-0.39, 0.29) is 15.6 Å². The van der Waals surface area contributed by atoms with Gasteiger partial charge in [-0.25, -0.2) is 13.4 Å². The van der Waals surface area contributed by atoms with Crippen LogP contribution in [0.1, 0.15) is 19.3 Å². The van der Waals surface area contributed by atoms with Crippen LogP contribution >= 0.6 is 22.9 Å². The van der Waals surface area contributed by atoms with Gasteiger partial charge in [0.15, 0.2) is 15.1 Å². The van der Waals surface area contributed by atoms with Crippen LogP contribution in [0.3, 0.4) is 0 Å². The highest BCUT2D eigenvalue weighted by Crippen LogP contribution is 2.41. The van der Waals surface area contributed by atoms with Crippen LogP contribution in [0.25, 0.3) is 4.96 Å². The van der Waals surface area contributed by atoms with Crippen molar-refractivity contribution in [2.24, 2.45) is 5.41 Å². The number of hydrogen-bond donors (Lipinski definition) is 1. The Morgan fingerprint density at radius 3 is 2.86 bits per heavy atom. The van der Waals surface area contributed by atoms with E-state index in [1.54, 1.807) is 14.9 Å². The number of nitrogens with zero attached hydrogens (tertiary/aromatic N) is 3. The van der Waals surface area contributed by atoms with E-state index in [1.165, 1.54) is 11.3 Å². The molecule has 0 radical (unpaired) electrons. The average Bonchev–Trinajstić information content (AvgIpc) is 3.14. The summed E-state index contributed by atoms with van der Waals surface area (Å²) in [6, 6.07) is 0. The second kappa shape index (κ2) is 5.17. The van der Waals surface area contributed by atoms with Crippen LogP contribution in [0.15, 0.2) is 16.6 Å². The normalized spacial score (nSPS) is 22.8. The molecular formula is C13H17ClN4O2S2. The van der Waals surface area contributed by atoms with Gasteiger partial charge in [-0.05, 0) is 37.8 Å². The quantitative estimate of drug-likeness (QED) is 0.887. The van der Waals surface area contributed by atoms with Crippen LogP contribution in [0, 0.1) is 5.41 Å². The number of fused-ring (bicyclic) bond motifs is 1. The Kier molecular flexibility index (Phi) is 3.50. The molecule has 4 rings (SSSR count). The Morgan fingerprint density at radius 2 is 2.09 bits per heavy atom. The fraction of sp³-hybridized carbons (Fsp3) is 0.615. The van der Waals surface area contributed by atoms with Crippen molar-refractivity contribution in [2.45, 2.75) is 24.3 Å². The zero-order valence-corrected chi connectivity index (χ0v) is 14.3. The number of hydrogen-bond acceptors (Lipinski definition) is 5. The van der Waals surface area contributed by atoms with Crippen molar-refractivity contribution in [3.63, 3.8) is 0 Å². The van der Waals surface area contributed by atoms with Gasteiger partial charge < -0.3 is 5.32 Å². The van der Waals surface area contributed by atoms with Gasteiger partial charge in [0.25, 0.3) is 10.0 Å². The molecule has 2 saturated heterocycles. The van der Waals surface area contributed by atoms with E-state index < -0.39 is 10.0 Å². The molecule has 2 aromatic heterocycles. The van der Waals surface area contributed by atoms with Gasteiger partial charge >= 0.3 is 0 Å². The minimum atomic E-state index is -3.61. The van der Waals surface area contributed by atoms with Crippen LogP contribution in [-0.4, -0.2) is 48.3 Å². The van der Waals surface area contributed by atoms with Crippen molar-refractivity contribution in [1.82, 2.24) is 19.0 Å². The number of piperidine rings is 1. The van der Waals surface area contributed by atoms with E-state index in [0.717, 1.165) is 32.4 Å². The first-order valence-corrected chi connectivity index (χ1v) is 10.0. The monoisotopic (exact) mass is 360 g/mol. The summed E-state index contributed by atoms with van der Waals surface area (Å²) >= 11 is 7.49. The second-order valence-electron chi connectivity index (χ2n) is 6.10. The molecule has 0 aliphatic carbocycles. The molecule has 0 atom stereocenters. The Morgan fingerprint density at radius 1 is 1.32 bits per heavy atom. The summed E-state index contributed by atoms with van der Waals surface area (Å²) in [6.07, 6.45) is 4.71. The van der Waals surface area contributed by atoms with Crippen molar-refractivity contribution in [2.75, 3.05) is 26.2 Å². The summed E-state index contributed by atoms with van der Waals surface area (Å²) in [7, 11) is -3.61. The molecule has 1 N–H and O–H groups in total. The molecule has 0 amide bonds. The fourth-order valence-electron chi connectivity index (χ4n) is 3.56. The van der Waals surface area contributed by atoms with Gasteiger partial charge in [-0.1, -0.05) is 11.6 Å². The zero-order chi connectivity index (χ0) is 15.4. The highest BCUT2D eigenvalue weighted by atomic mass is 35.5. The standard InChI is InChI=1S/C13H17ClN4O2S2/c14-10-11(18-7-8-21-12(18)16-10)22(19,20)17-6-3-13(9-17)1-4-15-5-2-13/h7-8,15H,1-6,9H2. The van der Waals surface area contributed by atoms with Gasteiger partial charge in [0, 0.05) is 24.7 Å².